The van der Waals surface area contributed by atoms with Crippen LogP contribution in [0.2, 0.25) is 10.0 Å². The van der Waals surface area contributed by atoms with Gasteiger partial charge in [0.05, 0.1) is 15.6 Å². The highest BCUT2D eigenvalue weighted by molar-refractivity contribution is 7.98. The number of amides is 1. The highest BCUT2D eigenvalue weighted by Gasteiger charge is 2.25. The second-order valence-corrected chi connectivity index (χ2v) is 6.51. The van der Waals surface area contributed by atoms with Crippen molar-refractivity contribution in [2.24, 2.45) is 0 Å². The van der Waals surface area contributed by atoms with Crippen LogP contribution in [-0.4, -0.2) is 43.2 Å². The number of hydrogen-bond acceptors (Lipinski definition) is 3. The van der Waals surface area contributed by atoms with Crippen molar-refractivity contribution >= 4 is 53.3 Å². The summed E-state index contributed by atoms with van der Waals surface area (Å²) in [6.07, 6.45) is 4.05. The molecule has 1 amide bonds. The third-order valence-corrected chi connectivity index (χ3v) is 5.10. The quantitative estimate of drug-likeness (QED) is 0.818. The van der Waals surface area contributed by atoms with E-state index in [1.165, 1.54) is 11.8 Å². The van der Waals surface area contributed by atoms with Crippen LogP contribution in [0.15, 0.2) is 17.0 Å². The Morgan fingerprint density at radius 3 is 2.71 bits per heavy atom. The molecule has 1 heterocycles. The zero-order chi connectivity index (χ0) is 14.7. The smallest absolute Gasteiger partial charge is 0.255 e. The molecular weight excluding hydrogens is 351 g/mol. The van der Waals surface area contributed by atoms with Gasteiger partial charge in [0.15, 0.2) is 0 Å². The number of carbonyl (C=O) groups excluding carboxylic acids is 1. The van der Waals surface area contributed by atoms with Gasteiger partial charge in [-0.25, -0.2) is 0 Å². The Morgan fingerprint density at radius 2 is 2.10 bits per heavy atom. The number of rotatable bonds is 3. The maximum absolute atomic E-state index is 12.6. The van der Waals surface area contributed by atoms with Crippen molar-refractivity contribution in [1.29, 1.82) is 0 Å². The van der Waals surface area contributed by atoms with Crippen LogP contribution in [0.1, 0.15) is 23.2 Å². The summed E-state index contributed by atoms with van der Waals surface area (Å²) >= 11 is 13.8. The first-order valence-corrected chi connectivity index (χ1v) is 8.54. The third kappa shape index (κ3) is 4.42. The summed E-state index contributed by atoms with van der Waals surface area (Å²) in [6, 6.07) is 3.81. The molecule has 0 saturated carbocycles. The molecule has 1 saturated heterocycles. The number of likely N-dealkylation sites (tertiary alicyclic amines) is 1. The van der Waals surface area contributed by atoms with E-state index in [0.29, 0.717) is 21.7 Å². The van der Waals surface area contributed by atoms with Crippen LogP contribution in [0.25, 0.3) is 0 Å². The Kier molecular flexibility index (Phi) is 7.65. The summed E-state index contributed by atoms with van der Waals surface area (Å²) in [4.78, 5) is 15.4. The summed E-state index contributed by atoms with van der Waals surface area (Å²) in [5.41, 5.74) is 0.539. The van der Waals surface area contributed by atoms with Gasteiger partial charge in [-0.05, 0) is 38.3 Å². The standard InChI is InChI=1S/C14H18Cl2N2OS.ClH/c1-17-9-4-3-5-18(8-9)14(19)10-6-13(20-2)12(16)7-11(10)15;/h6-7,9,17H,3-5,8H2,1-2H3;1H. The van der Waals surface area contributed by atoms with Crippen LogP contribution in [-0.2, 0) is 0 Å². The van der Waals surface area contributed by atoms with Gasteiger partial charge in [-0.1, -0.05) is 23.2 Å². The number of nitrogens with one attached hydrogen (secondary N) is 1. The lowest BCUT2D eigenvalue weighted by Crippen LogP contribution is -2.47. The van der Waals surface area contributed by atoms with Crippen molar-refractivity contribution in [1.82, 2.24) is 10.2 Å². The van der Waals surface area contributed by atoms with Crippen LogP contribution in [0.3, 0.4) is 0 Å². The molecule has 118 valence electrons. The van der Waals surface area contributed by atoms with E-state index in [2.05, 4.69) is 5.32 Å². The number of carbonyl (C=O) groups is 1. The molecule has 1 aliphatic rings. The van der Waals surface area contributed by atoms with Crippen molar-refractivity contribution in [3.05, 3.63) is 27.7 Å². The molecule has 3 nitrogen and oxygen atoms in total. The fourth-order valence-corrected chi connectivity index (χ4v) is 3.60. The molecule has 1 aromatic carbocycles. The molecule has 2 rings (SSSR count). The Morgan fingerprint density at radius 1 is 1.38 bits per heavy atom. The molecule has 0 radical (unpaired) electrons. The number of hydrogen-bond donors (Lipinski definition) is 1. The Hall–Kier alpha value is -0.130. The SMILES string of the molecule is CNC1CCCN(C(=O)c2cc(SC)c(Cl)cc2Cl)C1.Cl. The first kappa shape index (κ1) is 18.9. The van der Waals surface area contributed by atoms with Gasteiger partial charge in [0.2, 0.25) is 0 Å². The van der Waals surface area contributed by atoms with Crippen LogP contribution >= 0.6 is 47.4 Å². The molecule has 0 bridgehead atoms. The summed E-state index contributed by atoms with van der Waals surface area (Å²) in [5, 5.41) is 4.24. The van der Waals surface area contributed by atoms with Gasteiger partial charge in [0.1, 0.15) is 0 Å². The predicted molar refractivity (Wildman–Crippen MR) is 93.5 cm³/mol. The highest BCUT2D eigenvalue weighted by atomic mass is 35.5. The van der Waals surface area contributed by atoms with E-state index in [1.54, 1.807) is 12.1 Å². The summed E-state index contributed by atoms with van der Waals surface area (Å²) in [5.74, 6) is -0.0121. The van der Waals surface area contributed by atoms with E-state index in [0.717, 1.165) is 30.8 Å². The summed E-state index contributed by atoms with van der Waals surface area (Å²) in [6.45, 7) is 1.51. The molecule has 0 spiro atoms. The van der Waals surface area contributed by atoms with E-state index in [4.69, 9.17) is 23.2 Å². The molecule has 1 atom stereocenters. The van der Waals surface area contributed by atoms with Gasteiger partial charge in [-0.15, -0.1) is 24.2 Å². The molecule has 0 aromatic heterocycles. The zero-order valence-electron chi connectivity index (χ0n) is 12.0. The first-order valence-electron chi connectivity index (χ1n) is 6.56. The van der Waals surface area contributed by atoms with Crippen molar-refractivity contribution in [3.8, 4) is 0 Å². The second kappa shape index (κ2) is 8.49. The lowest BCUT2D eigenvalue weighted by molar-refractivity contribution is 0.0698. The van der Waals surface area contributed by atoms with E-state index in [1.807, 2.05) is 18.2 Å². The fraction of sp³-hybridized carbons (Fsp3) is 0.500. The van der Waals surface area contributed by atoms with Gasteiger partial charge in [0.25, 0.3) is 5.91 Å². The average molecular weight is 370 g/mol. The molecule has 7 heteroatoms. The summed E-state index contributed by atoms with van der Waals surface area (Å²) in [7, 11) is 1.93. The van der Waals surface area contributed by atoms with Gasteiger partial charge in [-0.2, -0.15) is 0 Å². The van der Waals surface area contributed by atoms with Crippen molar-refractivity contribution < 1.29 is 4.79 Å². The van der Waals surface area contributed by atoms with Crippen molar-refractivity contribution in [2.75, 3.05) is 26.4 Å². The number of thioether (sulfide) groups is 1. The number of halogens is 3. The maximum Gasteiger partial charge on any atom is 0.255 e. The van der Waals surface area contributed by atoms with Gasteiger partial charge < -0.3 is 10.2 Å². The zero-order valence-corrected chi connectivity index (χ0v) is 15.1. The lowest BCUT2D eigenvalue weighted by Gasteiger charge is -2.32. The van der Waals surface area contributed by atoms with Crippen LogP contribution in [0, 0.1) is 0 Å². The maximum atomic E-state index is 12.6. The molecule has 1 unspecified atom stereocenters. The molecule has 1 aliphatic heterocycles. The molecule has 21 heavy (non-hydrogen) atoms. The minimum Gasteiger partial charge on any atom is -0.337 e. The normalized spacial score (nSPS) is 18.3. The number of nitrogens with zero attached hydrogens (tertiary/aromatic N) is 1. The van der Waals surface area contributed by atoms with E-state index in [-0.39, 0.29) is 18.3 Å². The van der Waals surface area contributed by atoms with Gasteiger partial charge in [0, 0.05) is 24.0 Å². The molecular formula is C14H19Cl3N2OS. The topological polar surface area (TPSA) is 32.3 Å². The van der Waals surface area contributed by atoms with E-state index < -0.39 is 0 Å². The van der Waals surface area contributed by atoms with Crippen molar-refractivity contribution in [3.63, 3.8) is 0 Å². The fourth-order valence-electron chi connectivity index (χ4n) is 2.42. The van der Waals surface area contributed by atoms with E-state index in [9.17, 15) is 4.79 Å². The Balaban J connectivity index is 0.00000220. The number of piperidine rings is 1. The number of likely N-dealkylation sites (N-methyl/N-ethyl adjacent to an activating group) is 1. The largest absolute Gasteiger partial charge is 0.337 e. The minimum atomic E-state index is -0.0121. The molecule has 0 aliphatic carbocycles. The first-order chi connectivity index (χ1) is 9.56. The Labute approximate surface area is 146 Å². The van der Waals surface area contributed by atoms with Gasteiger partial charge in [-0.3, -0.25) is 4.79 Å². The van der Waals surface area contributed by atoms with Crippen LogP contribution < -0.4 is 5.32 Å². The van der Waals surface area contributed by atoms with E-state index >= 15 is 0 Å². The van der Waals surface area contributed by atoms with Gasteiger partial charge >= 0.3 is 0 Å². The molecule has 1 N–H and O–H groups in total. The van der Waals surface area contributed by atoms with Crippen LogP contribution in [0.4, 0.5) is 0 Å². The van der Waals surface area contributed by atoms with Crippen LogP contribution in [0.5, 0.6) is 0 Å². The highest BCUT2D eigenvalue weighted by Crippen LogP contribution is 2.32. The molecule has 1 aromatic rings. The number of benzene rings is 1. The predicted octanol–water partition coefficient (Wildman–Crippen LogP) is 3.96. The summed E-state index contributed by atoms with van der Waals surface area (Å²) < 4.78 is 0. The second-order valence-electron chi connectivity index (χ2n) is 4.85. The third-order valence-electron chi connectivity index (χ3n) is 3.59. The monoisotopic (exact) mass is 368 g/mol. The lowest BCUT2D eigenvalue weighted by atomic mass is 10.0. The minimum absolute atomic E-state index is 0. The Bertz CT molecular complexity index is 513. The van der Waals surface area contributed by atoms with Crippen molar-refractivity contribution in [2.45, 2.75) is 23.8 Å². The molecule has 1 fully saturated rings. The average Bonchev–Trinajstić information content (AvgIpc) is 2.47.